The zero-order valence-electron chi connectivity index (χ0n) is 11.3. The highest BCUT2D eigenvalue weighted by Gasteiger charge is 2.14. The molecule has 2 aromatic heterocycles. The van der Waals surface area contributed by atoms with E-state index >= 15 is 0 Å². The fraction of sp³-hybridized carbons (Fsp3) is 0.267. The van der Waals surface area contributed by atoms with Crippen LogP contribution < -0.4 is 0 Å². The number of amides is 1. The number of hydrogen-bond donors (Lipinski definition) is 0. The third-order valence-electron chi connectivity index (χ3n) is 3.04. The van der Waals surface area contributed by atoms with Crippen molar-refractivity contribution < 1.29 is 4.79 Å². The summed E-state index contributed by atoms with van der Waals surface area (Å²) in [5.41, 5.74) is 1.79. The van der Waals surface area contributed by atoms with Crippen LogP contribution in [0.2, 0.25) is 0 Å². The van der Waals surface area contributed by atoms with Gasteiger partial charge in [-0.25, -0.2) is 0 Å². The van der Waals surface area contributed by atoms with Crippen molar-refractivity contribution in [2.45, 2.75) is 13.3 Å². The third kappa shape index (κ3) is 3.87. The van der Waals surface area contributed by atoms with Gasteiger partial charge in [-0.3, -0.25) is 14.8 Å². The second kappa shape index (κ2) is 7.14. The molecule has 4 nitrogen and oxygen atoms in total. The van der Waals surface area contributed by atoms with Gasteiger partial charge in [-0.05, 0) is 53.0 Å². The minimum atomic E-state index is 0.00959. The fourth-order valence-corrected chi connectivity index (χ4v) is 2.29. The van der Waals surface area contributed by atoms with Gasteiger partial charge in [0, 0.05) is 42.3 Å². The number of pyridine rings is 2. The van der Waals surface area contributed by atoms with Gasteiger partial charge >= 0.3 is 0 Å². The average Bonchev–Trinajstić information content (AvgIpc) is 2.48. The van der Waals surface area contributed by atoms with Crippen LogP contribution in [0.3, 0.4) is 0 Å². The summed E-state index contributed by atoms with van der Waals surface area (Å²) in [5, 5.41) is 0. The normalized spacial score (nSPS) is 10.3. The Hall–Kier alpha value is -1.75. The van der Waals surface area contributed by atoms with E-state index in [1.807, 2.05) is 24.0 Å². The molecule has 104 valence electrons. The van der Waals surface area contributed by atoms with E-state index in [9.17, 15) is 4.79 Å². The first-order valence-corrected chi connectivity index (χ1v) is 7.28. The summed E-state index contributed by atoms with van der Waals surface area (Å²) >= 11 is 3.34. The van der Waals surface area contributed by atoms with Crippen molar-refractivity contribution in [1.82, 2.24) is 14.9 Å². The number of halogens is 1. The lowest BCUT2D eigenvalue weighted by atomic mass is 10.2. The fourth-order valence-electron chi connectivity index (χ4n) is 1.93. The van der Waals surface area contributed by atoms with Crippen molar-refractivity contribution in [2.24, 2.45) is 0 Å². The van der Waals surface area contributed by atoms with Crippen LogP contribution in [0.1, 0.15) is 22.8 Å². The Morgan fingerprint density at radius 3 is 2.65 bits per heavy atom. The summed E-state index contributed by atoms with van der Waals surface area (Å²) in [6, 6.07) is 5.74. The first kappa shape index (κ1) is 14.7. The van der Waals surface area contributed by atoms with Crippen molar-refractivity contribution in [2.75, 3.05) is 13.1 Å². The van der Waals surface area contributed by atoms with E-state index < -0.39 is 0 Å². The largest absolute Gasteiger partial charge is 0.339 e. The van der Waals surface area contributed by atoms with Crippen LogP contribution in [0.25, 0.3) is 0 Å². The number of likely N-dealkylation sites (N-methyl/N-ethyl adjacent to an activating group) is 1. The summed E-state index contributed by atoms with van der Waals surface area (Å²) in [5.74, 6) is 0.00959. The van der Waals surface area contributed by atoms with Gasteiger partial charge in [-0.15, -0.1) is 0 Å². The van der Waals surface area contributed by atoms with E-state index in [4.69, 9.17) is 0 Å². The molecular formula is C15H16BrN3O. The third-order valence-corrected chi connectivity index (χ3v) is 3.47. The van der Waals surface area contributed by atoms with Crippen LogP contribution in [0, 0.1) is 0 Å². The van der Waals surface area contributed by atoms with Crippen molar-refractivity contribution in [1.29, 1.82) is 0 Å². The molecule has 0 saturated carbocycles. The van der Waals surface area contributed by atoms with Crippen LogP contribution >= 0.6 is 15.9 Å². The predicted molar refractivity (Wildman–Crippen MR) is 81.5 cm³/mol. The lowest BCUT2D eigenvalue weighted by molar-refractivity contribution is 0.0765. The molecule has 1 amide bonds. The Balaban J connectivity index is 2.03. The van der Waals surface area contributed by atoms with E-state index in [0.29, 0.717) is 18.7 Å². The first-order chi connectivity index (χ1) is 9.70. The number of carbonyl (C=O) groups excluding carboxylic acids is 1. The van der Waals surface area contributed by atoms with Crippen molar-refractivity contribution in [3.63, 3.8) is 0 Å². The summed E-state index contributed by atoms with van der Waals surface area (Å²) in [4.78, 5) is 22.3. The highest BCUT2D eigenvalue weighted by atomic mass is 79.9. The molecule has 5 heteroatoms. The summed E-state index contributed by atoms with van der Waals surface area (Å²) in [6.07, 6.45) is 7.63. The first-order valence-electron chi connectivity index (χ1n) is 6.49. The van der Waals surface area contributed by atoms with E-state index in [-0.39, 0.29) is 5.91 Å². The molecule has 0 bridgehead atoms. The van der Waals surface area contributed by atoms with Gasteiger partial charge in [-0.1, -0.05) is 0 Å². The van der Waals surface area contributed by atoms with Crippen LogP contribution in [-0.4, -0.2) is 33.9 Å². The van der Waals surface area contributed by atoms with Gasteiger partial charge in [0.05, 0.1) is 5.56 Å². The number of aromatic nitrogens is 2. The maximum absolute atomic E-state index is 12.4. The zero-order chi connectivity index (χ0) is 14.4. The molecular weight excluding hydrogens is 318 g/mol. The van der Waals surface area contributed by atoms with E-state index in [0.717, 1.165) is 10.9 Å². The van der Waals surface area contributed by atoms with E-state index in [1.54, 1.807) is 30.9 Å². The molecule has 0 aliphatic rings. The average molecular weight is 334 g/mol. The second-order valence-corrected chi connectivity index (χ2v) is 5.30. The van der Waals surface area contributed by atoms with Crippen LogP contribution in [-0.2, 0) is 6.42 Å². The van der Waals surface area contributed by atoms with Gasteiger partial charge in [0.25, 0.3) is 5.91 Å². The minimum absolute atomic E-state index is 0.00959. The molecule has 0 aliphatic carbocycles. The number of nitrogens with zero attached hydrogens (tertiary/aromatic N) is 3. The molecule has 20 heavy (non-hydrogen) atoms. The van der Waals surface area contributed by atoms with Crippen molar-refractivity contribution in [3.05, 3.63) is 58.6 Å². The molecule has 0 radical (unpaired) electrons. The molecule has 0 N–H and O–H groups in total. The Labute approximate surface area is 127 Å². The van der Waals surface area contributed by atoms with Crippen LogP contribution in [0.4, 0.5) is 0 Å². The van der Waals surface area contributed by atoms with Crippen LogP contribution in [0.15, 0.2) is 47.5 Å². The maximum Gasteiger partial charge on any atom is 0.255 e. The summed E-state index contributed by atoms with van der Waals surface area (Å²) in [7, 11) is 0. The molecule has 0 aromatic carbocycles. The van der Waals surface area contributed by atoms with Gasteiger partial charge in [0.2, 0.25) is 0 Å². The quantitative estimate of drug-likeness (QED) is 0.845. The lowest BCUT2D eigenvalue weighted by Gasteiger charge is -2.20. The van der Waals surface area contributed by atoms with Gasteiger partial charge in [0.15, 0.2) is 0 Å². The molecule has 0 aliphatic heterocycles. The molecule has 2 aromatic rings. The number of carbonyl (C=O) groups is 1. The summed E-state index contributed by atoms with van der Waals surface area (Å²) < 4.78 is 0.813. The molecule has 0 unspecified atom stereocenters. The summed E-state index contributed by atoms with van der Waals surface area (Å²) in [6.45, 7) is 3.35. The van der Waals surface area contributed by atoms with E-state index in [2.05, 4.69) is 25.9 Å². The number of rotatable bonds is 5. The molecule has 0 spiro atoms. The molecule has 2 rings (SSSR count). The van der Waals surface area contributed by atoms with Crippen molar-refractivity contribution >= 4 is 21.8 Å². The Kier molecular flexibility index (Phi) is 5.24. The minimum Gasteiger partial charge on any atom is -0.339 e. The second-order valence-electron chi connectivity index (χ2n) is 4.38. The Morgan fingerprint density at radius 2 is 2.00 bits per heavy atom. The SMILES string of the molecule is CCN(CCc1ccncc1)C(=O)c1cncc(Br)c1. The van der Waals surface area contributed by atoms with Gasteiger partial charge in [0.1, 0.15) is 0 Å². The van der Waals surface area contributed by atoms with Crippen molar-refractivity contribution in [3.8, 4) is 0 Å². The molecule has 0 saturated heterocycles. The highest BCUT2D eigenvalue weighted by Crippen LogP contribution is 2.12. The highest BCUT2D eigenvalue weighted by molar-refractivity contribution is 9.10. The molecule has 0 fully saturated rings. The zero-order valence-corrected chi connectivity index (χ0v) is 12.9. The molecule has 0 atom stereocenters. The van der Waals surface area contributed by atoms with Crippen LogP contribution in [0.5, 0.6) is 0 Å². The monoisotopic (exact) mass is 333 g/mol. The maximum atomic E-state index is 12.4. The smallest absolute Gasteiger partial charge is 0.255 e. The van der Waals surface area contributed by atoms with E-state index in [1.165, 1.54) is 5.56 Å². The van der Waals surface area contributed by atoms with Gasteiger partial charge in [-0.2, -0.15) is 0 Å². The topological polar surface area (TPSA) is 46.1 Å². The Bertz CT molecular complexity index is 574. The molecule has 2 heterocycles. The predicted octanol–water partition coefficient (Wildman–Crippen LogP) is 2.94. The Morgan fingerprint density at radius 1 is 1.25 bits per heavy atom. The number of hydrogen-bond acceptors (Lipinski definition) is 3. The standard InChI is InChI=1S/C15H16BrN3O/c1-2-19(8-5-12-3-6-17-7-4-12)15(20)13-9-14(16)11-18-10-13/h3-4,6-7,9-11H,2,5,8H2,1H3. The lowest BCUT2D eigenvalue weighted by Crippen LogP contribution is -2.32. The van der Waals surface area contributed by atoms with Gasteiger partial charge < -0.3 is 4.90 Å².